The van der Waals surface area contributed by atoms with Crippen molar-refractivity contribution in [3.8, 4) is 5.75 Å². The zero-order valence-corrected chi connectivity index (χ0v) is 20.4. The van der Waals surface area contributed by atoms with Gasteiger partial charge in [0.1, 0.15) is 17.0 Å². The number of nitrogens with one attached hydrogen (secondary N) is 1. The number of carbonyl (C=O) groups excluding carboxylic acids is 2. The first-order valence-corrected chi connectivity index (χ1v) is 11.0. The lowest BCUT2D eigenvalue weighted by Gasteiger charge is -2.10. The van der Waals surface area contributed by atoms with Crippen molar-refractivity contribution in [1.82, 2.24) is 15.2 Å². The van der Waals surface area contributed by atoms with Gasteiger partial charge in [0.2, 0.25) is 0 Å². The Labute approximate surface area is 198 Å². The molecular formula is C24H31N3O5S. The number of hydrogen-bond acceptors (Lipinski definition) is 6. The molecular weight excluding hydrogens is 442 g/mol. The van der Waals surface area contributed by atoms with Crippen LogP contribution in [0.3, 0.4) is 0 Å². The molecule has 0 saturated carbocycles. The zero-order valence-electron chi connectivity index (χ0n) is 19.6. The van der Waals surface area contributed by atoms with Gasteiger partial charge >= 0.3 is 0 Å². The van der Waals surface area contributed by atoms with Crippen LogP contribution in [0.1, 0.15) is 27.7 Å². The topological polar surface area (TPSA) is 112 Å². The molecule has 0 aliphatic rings. The summed E-state index contributed by atoms with van der Waals surface area (Å²) in [6, 6.07) is 9.45. The summed E-state index contributed by atoms with van der Waals surface area (Å²) in [5.74, 6) is 1.13. The van der Waals surface area contributed by atoms with E-state index in [1.807, 2.05) is 43.5 Å². The quantitative estimate of drug-likeness (QED) is 0.529. The van der Waals surface area contributed by atoms with Crippen LogP contribution >= 0.6 is 11.3 Å². The van der Waals surface area contributed by atoms with Crippen LogP contribution in [0.15, 0.2) is 48.5 Å². The number of aromatic nitrogens is 1. The predicted molar refractivity (Wildman–Crippen MR) is 133 cm³/mol. The number of thiophene rings is 1. The van der Waals surface area contributed by atoms with Crippen LogP contribution in [-0.2, 0) is 9.53 Å². The number of amides is 2. The molecule has 0 spiro atoms. The number of fused-ring (bicyclic) bond motifs is 1. The fraction of sp³-hybridized carbons (Fsp3) is 0.292. The van der Waals surface area contributed by atoms with Gasteiger partial charge in [0.15, 0.2) is 6.61 Å². The highest BCUT2D eigenvalue weighted by Crippen LogP contribution is 2.28. The minimum atomic E-state index is -0.159. The molecule has 8 nitrogen and oxygen atoms in total. The van der Waals surface area contributed by atoms with Gasteiger partial charge in [-0.05, 0) is 31.5 Å². The molecule has 0 aliphatic carbocycles. The van der Waals surface area contributed by atoms with Crippen LogP contribution in [0.2, 0.25) is 0 Å². The van der Waals surface area contributed by atoms with Gasteiger partial charge in [-0.25, -0.2) is 0 Å². The Balaban J connectivity index is 0.000000320. The summed E-state index contributed by atoms with van der Waals surface area (Å²) in [4.78, 5) is 29.4. The van der Waals surface area contributed by atoms with E-state index in [2.05, 4.69) is 16.9 Å². The van der Waals surface area contributed by atoms with Gasteiger partial charge < -0.3 is 25.2 Å². The summed E-state index contributed by atoms with van der Waals surface area (Å²) in [5, 5.41) is 5.42. The van der Waals surface area contributed by atoms with E-state index in [1.54, 1.807) is 38.3 Å². The smallest absolute Gasteiger partial charge is 0.263 e. The first-order chi connectivity index (χ1) is 15.3. The van der Waals surface area contributed by atoms with Gasteiger partial charge in [-0.15, -0.1) is 11.3 Å². The standard InChI is InChI=1S/C12H12N2O2.C12H17NO2S.H2O/c1-13-11(15)8-16-10-6-2-4-9-5-3-7-14-12(9)10;1-6-15-9(3)10-7-16-11(8(10)2)12(14)13(4)5;/h2-7H,8H2,1H3,(H,13,15);7H,3,6H2,1-2,4-5H3;1H2. The van der Waals surface area contributed by atoms with E-state index in [0.29, 0.717) is 18.1 Å². The van der Waals surface area contributed by atoms with Gasteiger partial charge in [-0.1, -0.05) is 24.8 Å². The van der Waals surface area contributed by atoms with Gasteiger partial charge in [0, 0.05) is 43.7 Å². The summed E-state index contributed by atoms with van der Waals surface area (Å²) in [5.41, 5.74) is 2.65. The molecule has 2 aromatic heterocycles. The summed E-state index contributed by atoms with van der Waals surface area (Å²) in [6.07, 6.45) is 1.70. The van der Waals surface area contributed by atoms with Gasteiger partial charge in [-0.3, -0.25) is 14.6 Å². The minimum Gasteiger partial charge on any atom is -0.494 e. The highest BCUT2D eigenvalue weighted by atomic mass is 32.1. The lowest BCUT2D eigenvalue weighted by atomic mass is 10.1. The number of nitrogens with zero attached hydrogens (tertiary/aromatic N) is 2. The number of hydrogen-bond donors (Lipinski definition) is 1. The Hall–Kier alpha value is -3.43. The van der Waals surface area contributed by atoms with Crippen LogP contribution in [-0.4, -0.2) is 61.5 Å². The molecule has 2 amide bonds. The summed E-state index contributed by atoms with van der Waals surface area (Å²) < 4.78 is 10.7. The maximum Gasteiger partial charge on any atom is 0.263 e. The van der Waals surface area contributed by atoms with Crippen LogP contribution in [0.5, 0.6) is 5.75 Å². The van der Waals surface area contributed by atoms with E-state index in [0.717, 1.165) is 26.9 Å². The first-order valence-electron chi connectivity index (χ1n) is 10.1. The average Bonchev–Trinajstić information content (AvgIpc) is 3.18. The maximum atomic E-state index is 11.8. The fourth-order valence-corrected chi connectivity index (χ4v) is 3.88. The monoisotopic (exact) mass is 473 g/mol. The number of ether oxygens (including phenoxy) is 2. The normalized spacial score (nSPS) is 9.73. The van der Waals surface area contributed by atoms with Crippen molar-refractivity contribution in [3.63, 3.8) is 0 Å². The van der Waals surface area contributed by atoms with Gasteiger partial charge in [0.25, 0.3) is 11.8 Å². The molecule has 3 N–H and O–H groups in total. The Bertz CT molecular complexity index is 1090. The highest BCUT2D eigenvalue weighted by Gasteiger charge is 2.17. The van der Waals surface area contributed by atoms with Crippen molar-refractivity contribution >= 4 is 39.8 Å². The second-order valence-corrected chi connectivity index (χ2v) is 7.83. The van der Waals surface area contributed by atoms with Gasteiger partial charge in [0.05, 0.1) is 11.5 Å². The molecule has 0 saturated heterocycles. The number of para-hydroxylation sites is 1. The summed E-state index contributed by atoms with van der Waals surface area (Å²) in [6.45, 7) is 8.29. The molecule has 1 aromatic carbocycles. The molecule has 178 valence electrons. The first kappa shape index (κ1) is 27.6. The summed E-state index contributed by atoms with van der Waals surface area (Å²) >= 11 is 1.43. The molecule has 2 heterocycles. The van der Waals surface area contributed by atoms with Crippen molar-refractivity contribution in [2.24, 2.45) is 0 Å². The maximum absolute atomic E-state index is 11.8. The van der Waals surface area contributed by atoms with Gasteiger partial charge in [-0.2, -0.15) is 0 Å². The molecule has 0 radical (unpaired) electrons. The molecule has 0 unspecified atom stereocenters. The number of benzene rings is 1. The van der Waals surface area contributed by atoms with E-state index < -0.39 is 0 Å². The zero-order chi connectivity index (χ0) is 23.7. The van der Waals surface area contributed by atoms with E-state index in [-0.39, 0.29) is 23.9 Å². The van der Waals surface area contributed by atoms with E-state index in [4.69, 9.17) is 9.47 Å². The van der Waals surface area contributed by atoms with Crippen LogP contribution < -0.4 is 10.1 Å². The molecule has 9 heteroatoms. The lowest BCUT2D eigenvalue weighted by Crippen LogP contribution is -2.24. The third-order valence-electron chi connectivity index (χ3n) is 4.49. The molecule has 3 aromatic rings. The number of pyridine rings is 1. The van der Waals surface area contributed by atoms with Crippen molar-refractivity contribution in [3.05, 3.63) is 64.5 Å². The van der Waals surface area contributed by atoms with E-state index in [9.17, 15) is 9.59 Å². The number of likely N-dealkylation sites (N-methyl/N-ethyl adjacent to an activating group) is 1. The van der Waals surface area contributed by atoms with Crippen LogP contribution in [0, 0.1) is 6.92 Å². The minimum absolute atomic E-state index is 0. The third kappa shape index (κ3) is 7.30. The molecule has 0 aliphatic heterocycles. The van der Waals surface area contributed by atoms with E-state index in [1.165, 1.54) is 11.3 Å². The number of rotatable bonds is 7. The Kier molecular flexibility index (Phi) is 11.0. The van der Waals surface area contributed by atoms with E-state index >= 15 is 0 Å². The molecule has 0 fully saturated rings. The van der Waals surface area contributed by atoms with Crippen LogP contribution in [0.4, 0.5) is 0 Å². The van der Waals surface area contributed by atoms with Crippen molar-refractivity contribution in [2.75, 3.05) is 34.4 Å². The molecule has 3 rings (SSSR count). The average molecular weight is 474 g/mol. The SMILES string of the molecule is C=C(OCC)c1csc(C(=O)N(C)C)c1C.CNC(=O)COc1cccc2cccnc12.O. The fourth-order valence-electron chi connectivity index (χ4n) is 2.77. The lowest BCUT2D eigenvalue weighted by molar-refractivity contribution is -0.122. The molecule has 33 heavy (non-hydrogen) atoms. The second kappa shape index (κ2) is 13.2. The Morgan fingerprint density at radius 2 is 1.91 bits per heavy atom. The van der Waals surface area contributed by atoms with Crippen molar-refractivity contribution < 1.29 is 24.5 Å². The third-order valence-corrected chi connectivity index (χ3v) is 5.56. The molecule has 0 atom stereocenters. The largest absolute Gasteiger partial charge is 0.494 e. The summed E-state index contributed by atoms with van der Waals surface area (Å²) in [7, 11) is 5.07. The number of carbonyl (C=O) groups is 2. The second-order valence-electron chi connectivity index (χ2n) is 6.95. The highest BCUT2D eigenvalue weighted by molar-refractivity contribution is 7.12. The Morgan fingerprint density at radius 1 is 1.21 bits per heavy atom. The van der Waals surface area contributed by atoms with Crippen molar-refractivity contribution in [1.29, 1.82) is 0 Å². The predicted octanol–water partition coefficient (Wildman–Crippen LogP) is 3.30. The van der Waals surface area contributed by atoms with Crippen molar-refractivity contribution in [2.45, 2.75) is 13.8 Å². The Morgan fingerprint density at radius 3 is 2.55 bits per heavy atom. The van der Waals surface area contributed by atoms with Crippen LogP contribution in [0.25, 0.3) is 16.7 Å². The molecule has 0 bridgehead atoms.